The highest BCUT2D eigenvalue weighted by Crippen LogP contribution is 2.36. The minimum absolute atomic E-state index is 0.175. The van der Waals surface area contributed by atoms with Crippen molar-refractivity contribution in [3.05, 3.63) is 108 Å². The van der Waals surface area contributed by atoms with Gasteiger partial charge in [-0.1, -0.05) is 17.4 Å². The number of aryl methyl sites for hydroxylation is 1. The van der Waals surface area contributed by atoms with Crippen LogP contribution in [0.1, 0.15) is 59.7 Å². The fourth-order valence-corrected chi connectivity index (χ4v) is 6.50. The molecule has 0 amide bonds. The Morgan fingerprint density at radius 3 is 2.39 bits per heavy atom. The summed E-state index contributed by atoms with van der Waals surface area (Å²) < 4.78 is 20.7. The van der Waals surface area contributed by atoms with Crippen LogP contribution in [0, 0.1) is 13.8 Å². The Labute approximate surface area is 257 Å². The summed E-state index contributed by atoms with van der Waals surface area (Å²) in [5, 5.41) is 9.27. The zero-order valence-electron chi connectivity index (χ0n) is 25.3. The average molecular weight is 616 g/mol. The van der Waals surface area contributed by atoms with Gasteiger partial charge in [-0.15, -0.1) is 0 Å². The van der Waals surface area contributed by atoms with Gasteiger partial charge in [0.1, 0.15) is 0 Å². The van der Waals surface area contributed by atoms with Crippen LogP contribution in [0.4, 0.5) is 0 Å². The Morgan fingerprint density at radius 2 is 1.75 bits per heavy atom. The fraction of sp³-hybridized carbons (Fsp3) is 0.273. The first-order valence-electron chi connectivity index (χ1n) is 14.1. The highest BCUT2D eigenvalue weighted by Gasteiger charge is 2.34. The summed E-state index contributed by atoms with van der Waals surface area (Å²) >= 11 is 1.24. The van der Waals surface area contributed by atoms with E-state index in [1.807, 2.05) is 43.5 Å². The van der Waals surface area contributed by atoms with Crippen LogP contribution in [0.2, 0.25) is 0 Å². The maximum Gasteiger partial charge on any atom is 0.338 e. The SMILES string of the molecule is CCOC(=O)C1=C(C)N=c2s/c(=C\c3cc(C)n(-c4ccc(C(=O)O)cc4)c3C)c(=O)n2[C@@H]1c1ccc(OC)c(OCC)c1. The number of benzene rings is 2. The predicted molar refractivity (Wildman–Crippen MR) is 167 cm³/mol. The van der Waals surface area contributed by atoms with Crippen molar-refractivity contribution in [3.63, 3.8) is 0 Å². The molecule has 228 valence electrons. The van der Waals surface area contributed by atoms with Crippen LogP contribution in [0.15, 0.2) is 69.6 Å². The molecule has 2 aromatic heterocycles. The summed E-state index contributed by atoms with van der Waals surface area (Å²) in [6.45, 7) is 9.82. The number of fused-ring (bicyclic) bond motifs is 1. The number of thiazole rings is 1. The average Bonchev–Trinajstić information content (AvgIpc) is 3.45. The summed E-state index contributed by atoms with van der Waals surface area (Å²) in [5.74, 6) is -0.498. The Kier molecular flexibility index (Phi) is 8.59. The third-order valence-electron chi connectivity index (χ3n) is 7.45. The van der Waals surface area contributed by atoms with Crippen molar-refractivity contribution in [3.8, 4) is 17.2 Å². The molecule has 1 atom stereocenters. The second-order valence-corrected chi connectivity index (χ2v) is 11.2. The van der Waals surface area contributed by atoms with E-state index in [-0.39, 0.29) is 23.3 Å². The van der Waals surface area contributed by atoms with E-state index < -0.39 is 18.0 Å². The normalized spacial score (nSPS) is 14.7. The van der Waals surface area contributed by atoms with Crippen molar-refractivity contribution in [2.75, 3.05) is 20.3 Å². The van der Waals surface area contributed by atoms with Crippen LogP contribution >= 0.6 is 11.3 Å². The molecular weight excluding hydrogens is 582 g/mol. The first-order chi connectivity index (χ1) is 21.1. The Bertz CT molecular complexity index is 1980. The molecule has 0 saturated carbocycles. The van der Waals surface area contributed by atoms with Crippen LogP contribution in [0.5, 0.6) is 11.5 Å². The van der Waals surface area contributed by atoms with Gasteiger partial charge in [-0.25, -0.2) is 14.6 Å². The van der Waals surface area contributed by atoms with Gasteiger partial charge in [0.2, 0.25) is 0 Å². The number of aromatic carboxylic acids is 1. The van der Waals surface area contributed by atoms with Crippen LogP contribution in [0.25, 0.3) is 11.8 Å². The van der Waals surface area contributed by atoms with E-state index >= 15 is 0 Å². The molecule has 3 heterocycles. The van der Waals surface area contributed by atoms with E-state index in [4.69, 9.17) is 14.2 Å². The number of nitrogens with zero attached hydrogens (tertiary/aromatic N) is 3. The van der Waals surface area contributed by atoms with Crippen molar-refractivity contribution in [2.24, 2.45) is 4.99 Å². The monoisotopic (exact) mass is 615 g/mol. The summed E-state index contributed by atoms with van der Waals surface area (Å²) in [4.78, 5) is 43.8. The zero-order chi connectivity index (χ0) is 31.7. The van der Waals surface area contributed by atoms with E-state index in [9.17, 15) is 19.5 Å². The minimum atomic E-state index is -0.989. The number of hydrogen-bond donors (Lipinski definition) is 1. The Balaban J connectivity index is 1.67. The van der Waals surface area contributed by atoms with Gasteiger partial charge in [-0.05, 0) is 94.3 Å². The molecule has 1 N–H and O–H groups in total. The van der Waals surface area contributed by atoms with Crippen molar-refractivity contribution in [1.82, 2.24) is 9.13 Å². The number of rotatable bonds is 9. The lowest BCUT2D eigenvalue weighted by Gasteiger charge is -2.25. The third-order valence-corrected chi connectivity index (χ3v) is 8.43. The molecule has 5 rings (SSSR count). The first-order valence-corrected chi connectivity index (χ1v) is 14.9. The topological polar surface area (TPSA) is 121 Å². The molecule has 0 spiro atoms. The quantitative estimate of drug-likeness (QED) is 0.279. The van der Waals surface area contributed by atoms with Gasteiger partial charge in [0.25, 0.3) is 5.56 Å². The lowest BCUT2D eigenvalue weighted by Crippen LogP contribution is -2.40. The van der Waals surface area contributed by atoms with Crippen LogP contribution in [0.3, 0.4) is 0 Å². The van der Waals surface area contributed by atoms with Crippen molar-refractivity contribution in [1.29, 1.82) is 0 Å². The molecule has 44 heavy (non-hydrogen) atoms. The maximum atomic E-state index is 14.1. The largest absolute Gasteiger partial charge is 0.493 e. The van der Waals surface area contributed by atoms with E-state index in [1.54, 1.807) is 57.4 Å². The van der Waals surface area contributed by atoms with Crippen LogP contribution < -0.4 is 24.4 Å². The number of hydrogen-bond acceptors (Lipinski definition) is 8. The Morgan fingerprint density at radius 1 is 1.02 bits per heavy atom. The molecule has 10 nitrogen and oxygen atoms in total. The molecule has 0 saturated heterocycles. The summed E-state index contributed by atoms with van der Waals surface area (Å²) in [6.07, 6.45) is 1.83. The number of carboxylic acid groups (broad SMARTS) is 1. The van der Waals surface area contributed by atoms with Gasteiger partial charge < -0.3 is 23.9 Å². The number of ether oxygens (including phenoxy) is 3. The van der Waals surface area contributed by atoms with Gasteiger partial charge in [-0.3, -0.25) is 9.36 Å². The number of carbonyl (C=O) groups is 2. The minimum Gasteiger partial charge on any atom is -0.493 e. The first kappa shape index (κ1) is 30.6. The summed E-state index contributed by atoms with van der Waals surface area (Å²) in [5.41, 5.74) is 4.76. The number of allylic oxidation sites excluding steroid dienone is 1. The predicted octanol–water partition coefficient (Wildman–Crippen LogP) is 4.31. The van der Waals surface area contributed by atoms with Gasteiger partial charge in [0.15, 0.2) is 16.3 Å². The molecule has 1 aliphatic heterocycles. The van der Waals surface area contributed by atoms with Gasteiger partial charge in [-0.2, -0.15) is 0 Å². The molecule has 0 aliphatic carbocycles. The second-order valence-electron chi connectivity index (χ2n) is 10.2. The summed E-state index contributed by atoms with van der Waals surface area (Å²) in [6, 6.07) is 13.2. The summed E-state index contributed by atoms with van der Waals surface area (Å²) in [7, 11) is 1.55. The highest BCUT2D eigenvalue weighted by molar-refractivity contribution is 7.07. The molecule has 0 bridgehead atoms. The smallest absolute Gasteiger partial charge is 0.338 e. The molecule has 2 aromatic carbocycles. The van der Waals surface area contributed by atoms with Gasteiger partial charge in [0, 0.05) is 17.1 Å². The number of aromatic nitrogens is 2. The number of esters is 1. The third kappa shape index (κ3) is 5.46. The molecular formula is C33H33N3O7S. The Hall–Kier alpha value is -4.90. The highest BCUT2D eigenvalue weighted by atomic mass is 32.1. The van der Waals surface area contributed by atoms with Crippen molar-refractivity contribution < 1.29 is 28.9 Å². The fourth-order valence-electron chi connectivity index (χ4n) is 5.46. The lowest BCUT2D eigenvalue weighted by atomic mass is 9.95. The van der Waals surface area contributed by atoms with Crippen LogP contribution in [-0.2, 0) is 9.53 Å². The van der Waals surface area contributed by atoms with E-state index in [0.29, 0.717) is 38.7 Å². The van der Waals surface area contributed by atoms with E-state index in [0.717, 1.165) is 22.6 Å². The molecule has 0 radical (unpaired) electrons. The van der Waals surface area contributed by atoms with E-state index in [1.165, 1.54) is 15.9 Å². The van der Waals surface area contributed by atoms with Crippen LogP contribution in [-0.4, -0.2) is 46.5 Å². The molecule has 1 aliphatic rings. The van der Waals surface area contributed by atoms with Crippen molar-refractivity contribution >= 4 is 29.4 Å². The van der Waals surface area contributed by atoms with Gasteiger partial charge in [0.05, 0.1) is 47.7 Å². The second kappa shape index (κ2) is 12.4. The van der Waals surface area contributed by atoms with Crippen molar-refractivity contribution in [2.45, 2.75) is 40.7 Å². The van der Waals surface area contributed by atoms with E-state index in [2.05, 4.69) is 4.99 Å². The zero-order valence-corrected chi connectivity index (χ0v) is 26.2. The standard InChI is InChI=1S/C33H33N3O7S/c1-7-42-26-16-22(11-14-25(26)41-6)29-28(32(40)43-8-2)19(4)34-33-36(29)30(37)27(44-33)17-23-15-18(3)35(20(23)5)24-12-9-21(10-13-24)31(38)39/h9-17,29H,7-8H2,1-6H3,(H,38,39)/b27-17-/t29-/m1/s1. The number of methoxy groups -OCH3 is 1. The van der Waals surface area contributed by atoms with Gasteiger partial charge >= 0.3 is 11.9 Å². The molecule has 11 heteroatoms. The lowest BCUT2D eigenvalue weighted by molar-refractivity contribution is -0.139. The number of carbonyl (C=O) groups excluding carboxylic acids is 1. The number of carboxylic acids is 1. The maximum absolute atomic E-state index is 14.1. The molecule has 0 fully saturated rings. The molecule has 0 unspecified atom stereocenters. The molecule has 4 aromatic rings.